The highest BCUT2D eigenvalue weighted by Crippen LogP contribution is 2.10. The molecule has 0 aromatic heterocycles. The van der Waals surface area contributed by atoms with E-state index in [0.29, 0.717) is 13.0 Å². The second-order valence-corrected chi connectivity index (χ2v) is 1.97. The van der Waals surface area contributed by atoms with Crippen LogP contribution in [0.4, 0.5) is 0 Å². The van der Waals surface area contributed by atoms with Gasteiger partial charge in [0.25, 0.3) is 0 Å². The van der Waals surface area contributed by atoms with Gasteiger partial charge in [0.05, 0.1) is 13.0 Å². The monoisotopic (exact) mass is 129 g/mol. The molecule has 0 aliphatic carbocycles. The van der Waals surface area contributed by atoms with Crippen LogP contribution in [0, 0.1) is 4.91 Å². The first-order valence-electron chi connectivity index (χ1n) is 2.81. The van der Waals surface area contributed by atoms with Gasteiger partial charge in [-0.1, -0.05) is 5.18 Å². The molecule has 1 heterocycles. The standard InChI is InChI=1S/C5H7NO3/c7-5-3-4(6-8)1-2-9-5/h4H,1-3H2/t4-/m1/s1. The van der Waals surface area contributed by atoms with Gasteiger partial charge in [-0.3, -0.25) is 4.79 Å². The van der Waals surface area contributed by atoms with Crippen molar-refractivity contribution >= 4 is 5.97 Å². The third-order valence-corrected chi connectivity index (χ3v) is 1.27. The maximum atomic E-state index is 10.4. The number of nitroso groups, excluding NO2 is 1. The minimum atomic E-state index is -0.341. The Labute approximate surface area is 52.2 Å². The number of hydrogen-bond acceptors (Lipinski definition) is 4. The maximum Gasteiger partial charge on any atom is 0.308 e. The largest absolute Gasteiger partial charge is 0.466 e. The molecule has 1 rings (SSSR count). The molecule has 4 heteroatoms. The SMILES string of the molecule is O=N[C@@H]1CCOC(=O)C1. The van der Waals surface area contributed by atoms with Crippen LogP contribution in [-0.4, -0.2) is 18.6 Å². The van der Waals surface area contributed by atoms with E-state index in [4.69, 9.17) is 0 Å². The number of rotatable bonds is 1. The van der Waals surface area contributed by atoms with E-state index in [9.17, 15) is 9.70 Å². The molecule has 1 atom stereocenters. The quantitative estimate of drug-likeness (QED) is 0.381. The molecule has 1 aliphatic heterocycles. The Bertz CT molecular complexity index is 134. The molecule has 0 amide bonds. The second-order valence-electron chi connectivity index (χ2n) is 1.97. The normalized spacial score (nSPS) is 27.1. The summed E-state index contributed by atoms with van der Waals surface area (Å²) in [5.41, 5.74) is 0. The van der Waals surface area contributed by atoms with Crippen molar-refractivity contribution in [2.75, 3.05) is 6.61 Å². The zero-order valence-corrected chi connectivity index (χ0v) is 4.87. The van der Waals surface area contributed by atoms with E-state index in [-0.39, 0.29) is 18.4 Å². The summed E-state index contributed by atoms with van der Waals surface area (Å²) in [6.07, 6.45) is 0.735. The van der Waals surface area contributed by atoms with E-state index in [2.05, 4.69) is 9.91 Å². The number of cyclic esters (lactones) is 1. The van der Waals surface area contributed by atoms with Gasteiger partial charge in [-0.05, 0) is 0 Å². The van der Waals surface area contributed by atoms with Gasteiger partial charge in [0.1, 0.15) is 6.04 Å². The fraction of sp³-hybridized carbons (Fsp3) is 0.800. The molecule has 50 valence electrons. The summed E-state index contributed by atoms with van der Waals surface area (Å²) in [4.78, 5) is 20.3. The van der Waals surface area contributed by atoms with Crippen LogP contribution in [0.15, 0.2) is 5.18 Å². The maximum absolute atomic E-state index is 10.4. The fourth-order valence-electron chi connectivity index (χ4n) is 0.752. The van der Waals surface area contributed by atoms with Gasteiger partial charge in [-0.15, -0.1) is 0 Å². The Balaban J connectivity index is 2.40. The third-order valence-electron chi connectivity index (χ3n) is 1.27. The molecular weight excluding hydrogens is 122 g/mol. The number of hydrogen-bond donors (Lipinski definition) is 0. The summed E-state index contributed by atoms with van der Waals surface area (Å²) in [7, 11) is 0. The number of ether oxygens (including phenoxy) is 1. The predicted molar refractivity (Wildman–Crippen MR) is 29.8 cm³/mol. The number of nitrogens with zero attached hydrogens (tertiary/aromatic N) is 1. The van der Waals surface area contributed by atoms with Crippen molar-refractivity contribution in [2.45, 2.75) is 18.9 Å². The van der Waals surface area contributed by atoms with E-state index >= 15 is 0 Å². The van der Waals surface area contributed by atoms with Crippen molar-refractivity contribution in [1.82, 2.24) is 0 Å². The molecule has 0 saturated carbocycles. The Kier molecular flexibility index (Phi) is 1.77. The summed E-state index contributed by atoms with van der Waals surface area (Å²) in [6.45, 7) is 0.343. The minimum Gasteiger partial charge on any atom is -0.466 e. The van der Waals surface area contributed by atoms with Crippen molar-refractivity contribution < 1.29 is 9.53 Å². The lowest BCUT2D eigenvalue weighted by Crippen LogP contribution is -2.22. The molecule has 9 heavy (non-hydrogen) atoms. The molecule has 1 saturated heterocycles. The van der Waals surface area contributed by atoms with Crippen LogP contribution >= 0.6 is 0 Å². The molecule has 0 aromatic rings. The van der Waals surface area contributed by atoms with Gasteiger partial charge < -0.3 is 4.74 Å². The molecule has 0 radical (unpaired) electrons. The number of esters is 1. The lowest BCUT2D eigenvalue weighted by molar-refractivity contribution is -0.147. The van der Waals surface area contributed by atoms with E-state index in [1.165, 1.54) is 0 Å². The Morgan fingerprint density at radius 2 is 2.44 bits per heavy atom. The van der Waals surface area contributed by atoms with Crippen LogP contribution in [0.3, 0.4) is 0 Å². The first-order chi connectivity index (χ1) is 4.33. The Morgan fingerprint density at radius 1 is 1.67 bits per heavy atom. The molecule has 0 bridgehead atoms. The lowest BCUT2D eigenvalue weighted by atomic mass is 10.1. The summed E-state index contributed by atoms with van der Waals surface area (Å²) in [5, 5.41) is 2.75. The molecule has 0 aromatic carbocycles. The van der Waals surface area contributed by atoms with Crippen molar-refractivity contribution in [3.05, 3.63) is 4.91 Å². The van der Waals surface area contributed by atoms with Crippen LogP contribution in [0.1, 0.15) is 12.8 Å². The zero-order valence-electron chi connectivity index (χ0n) is 4.87. The summed E-state index contributed by atoms with van der Waals surface area (Å²) >= 11 is 0. The summed E-state index contributed by atoms with van der Waals surface area (Å²) in [5.74, 6) is -0.314. The van der Waals surface area contributed by atoms with Crippen molar-refractivity contribution in [1.29, 1.82) is 0 Å². The van der Waals surface area contributed by atoms with Crippen molar-refractivity contribution in [3.8, 4) is 0 Å². The highest BCUT2D eigenvalue weighted by Gasteiger charge is 2.20. The first-order valence-corrected chi connectivity index (χ1v) is 2.81. The van der Waals surface area contributed by atoms with Gasteiger partial charge in [0.2, 0.25) is 0 Å². The molecule has 0 spiro atoms. The summed E-state index contributed by atoms with van der Waals surface area (Å²) in [6, 6.07) is -0.341. The van der Waals surface area contributed by atoms with Crippen molar-refractivity contribution in [2.24, 2.45) is 5.18 Å². The Hall–Kier alpha value is -0.930. The minimum absolute atomic E-state index is 0.156. The third kappa shape index (κ3) is 1.48. The summed E-state index contributed by atoms with van der Waals surface area (Å²) < 4.78 is 4.57. The number of carbonyl (C=O) groups excluding carboxylic acids is 1. The van der Waals surface area contributed by atoms with Crippen LogP contribution in [-0.2, 0) is 9.53 Å². The van der Waals surface area contributed by atoms with Gasteiger partial charge in [0, 0.05) is 6.42 Å². The average molecular weight is 129 g/mol. The predicted octanol–water partition coefficient (Wildman–Crippen LogP) is 0.458. The lowest BCUT2D eigenvalue weighted by Gasteiger charge is -2.13. The first kappa shape index (κ1) is 6.19. The molecule has 1 fully saturated rings. The Morgan fingerprint density at radius 3 is 2.89 bits per heavy atom. The van der Waals surface area contributed by atoms with Crippen LogP contribution in [0.25, 0.3) is 0 Å². The van der Waals surface area contributed by atoms with E-state index < -0.39 is 0 Å². The molecule has 1 aliphatic rings. The highest BCUT2D eigenvalue weighted by atomic mass is 16.5. The van der Waals surface area contributed by atoms with E-state index in [1.807, 2.05) is 0 Å². The molecule has 0 N–H and O–H groups in total. The van der Waals surface area contributed by atoms with Crippen LogP contribution < -0.4 is 0 Å². The van der Waals surface area contributed by atoms with Gasteiger partial charge >= 0.3 is 5.97 Å². The van der Waals surface area contributed by atoms with Gasteiger partial charge in [-0.25, -0.2) is 0 Å². The van der Waals surface area contributed by atoms with Crippen LogP contribution in [0.5, 0.6) is 0 Å². The average Bonchev–Trinajstić information content (AvgIpc) is 1.88. The van der Waals surface area contributed by atoms with Crippen molar-refractivity contribution in [3.63, 3.8) is 0 Å². The molecule has 4 nitrogen and oxygen atoms in total. The topological polar surface area (TPSA) is 55.7 Å². The second kappa shape index (κ2) is 2.57. The zero-order chi connectivity index (χ0) is 6.69. The van der Waals surface area contributed by atoms with E-state index in [1.54, 1.807) is 0 Å². The number of carbonyl (C=O) groups is 1. The van der Waals surface area contributed by atoms with Gasteiger partial charge in [-0.2, -0.15) is 4.91 Å². The van der Waals surface area contributed by atoms with Crippen LogP contribution in [0.2, 0.25) is 0 Å². The smallest absolute Gasteiger partial charge is 0.308 e. The molecule has 0 unspecified atom stereocenters. The highest BCUT2D eigenvalue weighted by molar-refractivity contribution is 5.70. The molecular formula is C5H7NO3. The fourth-order valence-corrected chi connectivity index (χ4v) is 0.752. The van der Waals surface area contributed by atoms with Gasteiger partial charge in [0.15, 0.2) is 0 Å². The van der Waals surface area contributed by atoms with E-state index in [0.717, 1.165) is 0 Å².